The number of furan rings is 1. The maximum atomic E-state index is 12.9. The molecule has 4 aromatic rings. The minimum Gasteiger partial charge on any atom is -0.495 e. The molecular weight excluding hydrogens is 440 g/mol. The Hall–Kier alpha value is -3.36. The highest BCUT2D eigenvalue weighted by molar-refractivity contribution is 7.89. The minimum atomic E-state index is -3.54. The normalized spacial score (nSPS) is 15.1. The van der Waals surface area contributed by atoms with Crippen LogP contribution in [0.4, 0.5) is 5.69 Å². The van der Waals surface area contributed by atoms with Crippen LogP contribution in [0.2, 0.25) is 0 Å². The highest BCUT2D eigenvalue weighted by Gasteiger charge is 2.26. The number of hydrogen-bond donors (Lipinski definition) is 1. The Labute approximate surface area is 192 Å². The number of methoxy groups -OCH3 is 1. The molecule has 1 aliphatic heterocycles. The third kappa shape index (κ3) is 3.96. The largest absolute Gasteiger partial charge is 0.495 e. The van der Waals surface area contributed by atoms with Crippen LogP contribution in [-0.4, -0.2) is 38.8 Å². The standard InChI is InChI=1S/C25H24N2O5S/c1-31-24-15-20-19-7-3-4-8-22(19)32-23(20)16-21(24)26-25(28)17-9-11-18(12-10-17)33(29,30)27-13-5-2-6-14-27/h3-4,7-12,15-16H,2,5-6,13-14H2,1H3,(H,26,28). The molecule has 1 fully saturated rings. The molecule has 1 N–H and O–H groups in total. The number of amides is 1. The molecule has 3 aromatic carbocycles. The van der Waals surface area contributed by atoms with E-state index in [9.17, 15) is 13.2 Å². The molecule has 5 rings (SSSR count). The van der Waals surface area contributed by atoms with Crippen molar-refractivity contribution in [1.82, 2.24) is 4.31 Å². The van der Waals surface area contributed by atoms with Gasteiger partial charge in [-0.3, -0.25) is 4.79 Å². The van der Waals surface area contributed by atoms with Gasteiger partial charge in [-0.1, -0.05) is 24.6 Å². The number of nitrogens with zero attached hydrogens (tertiary/aromatic N) is 1. The number of piperidine rings is 1. The van der Waals surface area contributed by atoms with Crippen molar-refractivity contribution < 1.29 is 22.4 Å². The number of carbonyl (C=O) groups excluding carboxylic acids is 1. The first-order valence-electron chi connectivity index (χ1n) is 10.9. The molecule has 2 heterocycles. The third-order valence-corrected chi connectivity index (χ3v) is 7.93. The monoisotopic (exact) mass is 464 g/mol. The maximum Gasteiger partial charge on any atom is 0.255 e. The van der Waals surface area contributed by atoms with Crippen molar-refractivity contribution in [2.45, 2.75) is 24.2 Å². The number of rotatable bonds is 5. The lowest BCUT2D eigenvalue weighted by Crippen LogP contribution is -2.35. The number of para-hydroxylation sites is 1. The molecule has 1 saturated heterocycles. The lowest BCUT2D eigenvalue weighted by molar-refractivity contribution is 0.102. The van der Waals surface area contributed by atoms with Crippen molar-refractivity contribution in [1.29, 1.82) is 0 Å². The maximum absolute atomic E-state index is 12.9. The van der Waals surface area contributed by atoms with Gasteiger partial charge in [0.15, 0.2) is 0 Å². The van der Waals surface area contributed by atoms with Crippen LogP contribution in [0, 0.1) is 0 Å². The lowest BCUT2D eigenvalue weighted by Gasteiger charge is -2.25. The number of carbonyl (C=O) groups is 1. The molecule has 0 spiro atoms. The second-order valence-electron chi connectivity index (χ2n) is 8.09. The Morgan fingerprint density at radius 3 is 2.39 bits per heavy atom. The molecule has 1 aliphatic rings. The molecular formula is C25H24N2O5S. The number of ether oxygens (including phenoxy) is 1. The van der Waals surface area contributed by atoms with Gasteiger partial charge < -0.3 is 14.5 Å². The van der Waals surface area contributed by atoms with Crippen LogP contribution in [0.1, 0.15) is 29.6 Å². The molecule has 7 nitrogen and oxygen atoms in total. The molecule has 170 valence electrons. The molecule has 0 aliphatic carbocycles. The molecule has 1 aromatic heterocycles. The van der Waals surface area contributed by atoms with Crippen molar-refractivity contribution in [2.24, 2.45) is 0 Å². The van der Waals surface area contributed by atoms with E-state index in [1.54, 1.807) is 13.2 Å². The smallest absolute Gasteiger partial charge is 0.255 e. The van der Waals surface area contributed by atoms with Crippen molar-refractivity contribution in [3.8, 4) is 5.75 Å². The first kappa shape index (κ1) is 21.5. The number of nitrogens with one attached hydrogen (secondary N) is 1. The Morgan fingerprint density at radius 2 is 1.67 bits per heavy atom. The van der Waals surface area contributed by atoms with Gasteiger partial charge in [-0.15, -0.1) is 0 Å². The average molecular weight is 465 g/mol. The van der Waals surface area contributed by atoms with E-state index in [4.69, 9.17) is 9.15 Å². The van der Waals surface area contributed by atoms with E-state index < -0.39 is 10.0 Å². The zero-order valence-corrected chi connectivity index (χ0v) is 19.0. The van der Waals surface area contributed by atoms with Gasteiger partial charge in [0.1, 0.15) is 16.9 Å². The van der Waals surface area contributed by atoms with Gasteiger partial charge in [0, 0.05) is 35.5 Å². The number of fused-ring (bicyclic) bond motifs is 3. The highest BCUT2D eigenvalue weighted by atomic mass is 32.2. The first-order valence-corrected chi connectivity index (χ1v) is 12.3. The van der Waals surface area contributed by atoms with Crippen molar-refractivity contribution in [2.75, 3.05) is 25.5 Å². The van der Waals surface area contributed by atoms with Gasteiger partial charge in [0.2, 0.25) is 10.0 Å². The van der Waals surface area contributed by atoms with Gasteiger partial charge in [-0.05, 0) is 49.2 Å². The van der Waals surface area contributed by atoms with E-state index in [1.165, 1.54) is 28.6 Å². The van der Waals surface area contributed by atoms with Crippen molar-refractivity contribution in [3.05, 3.63) is 66.2 Å². The Balaban J connectivity index is 1.40. The summed E-state index contributed by atoms with van der Waals surface area (Å²) in [5.74, 6) is 0.136. The number of sulfonamides is 1. The zero-order chi connectivity index (χ0) is 23.0. The summed E-state index contributed by atoms with van der Waals surface area (Å²) < 4.78 is 38.6. The minimum absolute atomic E-state index is 0.197. The molecule has 0 bridgehead atoms. The quantitative estimate of drug-likeness (QED) is 0.448. The van der Waals surface area contributed by atoms with E-state index in [-0.39, 0.29) is 10.8 Å². The van der Waals surface area contributed by atoms with E-state index in [0.717, 1.165) is 35.6 Å². The molecule has 8 heteroatoms. The summed E-state index contributed by atoms with van der Waals surface area (Å²) in [5, 5.41) is 4.71. The number of hydrogen-bond acceptors (Lipinski definition) is 5. The van der Waals surface area contributed by atoms with Crippen LogP contribution >= 0.6 is 0 Å². The van der Waals surface area contributed by atoms with Crippen LogP contribution in [0.15, 0.2) is 70.0 Å². The van der Waals surface area contributed by atoms with E-state index in [0.29, 0.717) is 35.7 Å². The Morgan fingerprint density at radius 1 is 0.939 bits per heavy atom. The average Bonchev–Trinajstić information content (AvgIpc) is 3.21. The molecule has 33 heavy (non-hydrogen) atoms. The van der Waals surface area contributed by atoms with Gasteiger partial charge in [0.05, 0.1) is 17.7 Å². The fourth-order valence-corrected chi connectivity index (χ4v) is 5.76. The predicted molar refractivity (Wildman–Crippen MR) is 127 cm³/mol. The fourth-order valence-electron chi connectivity index (χ4n) is 4.25. The molecule has 0 saturated carbocycles. The Kier molecular flexibility index (Phi) is 5.55. The van der Waals surface area contributed by atoms with Crippen LogP contribution < -0.4 is 10.1 Å². The van der Waals surface area contributed by atoms with E-state index in [1.807, 2.05) is 30.3 Å². The lowest BCUT2D eigenvalue weighted by atomic mass is 10.1. The summed E-state index contributed by atoms with van der Waals surface area (Å²) in [7, 11) is -2.00. The van der Waals surface area contributed by atoms with E-state index >= 15 is 0 Å². The number of anilines is 1. The Bertz CT molecular complexity index is 1440. The molecule has 0 radical (unpaired) electrons. The summed E-state index contributed by atoms with van der Waals surface area (Å²) in [6.45, 7) is 1.07. The topological polar surface area (TPSA) is 88.8 Å². The highest BCUT2D eigenvalue weighted by Crippen LogP contribution is 2.36. The third-order valence-electron chi connectivity index (χ3n) is 6.02. The summed E-state index contributed by atoms with van der Waals surface area (Å²) in [4.78, 5) is 13.1. The van der Waals surface area contributed by atoms with Crippen LogP contribution in [0.25, 0.3) is 21.9 Å². The first-order chi connectivity index (χ1) is 16.0. The summed E-state index contributed by atoms with van der Waals surface area (Å²) >= 11 is 0. The van der Waals surface area contributed by atoms with Crippen LogP contribution in [-0.2, 0) is 10.0 Å². The fraction of sp³-hybridized carbons (Fsp3) is 0.240. The van der Waals surface area contributed by atoms with Gasteiger partial charge in [0.25, 0.3) is 5.91 Å². The zero-order valence-electron chi connectivity index (χ0n) is 18.2. The molecule has 0 atom stereocenters. The second-order valence-corrected chi connectivity index (χ2v) is 10.0. The summed E-state index contributed by atoms with van der Waals surface area (Å²) in [5.41, 5.74) is 2.21. The van der Waals surface area contributed by atoms with Gasteiger partial charge in [-0.25, -0.2) is 8.42 Å². The van der Waals surface area contributed by atoms with Crippen molar-refractivity contribution in [3.63, 3.8) is 0 Å². The summed E-state index contributed by atoms with van der Waals surface area (Å²) in [6.07, 6.45) is 2.79. The predicted octanol–water partition coefficient (Wildman–Crippen LogP) is 5.02. The number of benzene rings is 3. The van der Waals surface area contributed by atoms with Crippen molar-refractivity contribution >= 4 is 43.6 Å². The van der Waals surface area contributed by atoms with Crippen LogP contribution in [0.3, 0.4) is 0 Å². The molecule has 1 amide bonds. The van der Waals surface area contributed by atoms with Crippen LogP contribution in [0.5, 0.6) is 5.75 Å². The summed E-state index contributed by atoms with van der Waals surface area (Å²) in [6, 6.07) is 17.3. The van der Waals surface area contributed by atoms with E-state index in [2.05, 4.69) is 5.32 Å². The van der Waals surface area contributed by atoms with Gasteiger partial charge >= 0.3 is 0 Å². The molecule has 0 unspecified atom stereocenters. The SMILES string of the molecule is COc1cc2c(cc1NC(=O)c1ccc(S(=O)(=O)N3CCCCC3)cc1)oc1ccccc12. The van der Waals surface area contributed by atoms with Gasteiger partial charge in [-0.2, -0.15) is 4.31 Å². The second kappa shape index (κ2) is 8.53.